The van der Waals surface area contributed by atoms with Gasteiger partial charge in [-0.05, 0) is 12.8 Å². The van der Waals surface area contributed by atoms with Crippen LogP contribution in [0.15, 0.2) is 4.99 Å². The molecule has 12 heavy (non-hydrogen) atoms. The minimum absolute atomic E-state index is 0.555. The molecule has 0 unspecified atom stereocenters. The van der Waals surface area contributed by atoms with Gasteiger partial charge in [-0.2, -0.15) is 11.8 Å². The first-order chi connectivity index (χ1) is 5.86. The molecule has 2 aliphatic rings. The molecule has 1 heterocycles. The van der Waals surface area contributed by atoms with Crippen LogP contribution >= 0.6 is 11.8 Å². The number of thioether (sulfide) groups is 1. The Morgan fingerprint density at radius 2 is 2.00 bits per heavy atom. The normalized spacial score (nSPS) is 26.0. The highest BCUT2D eigenvalue weighted by molar-refractivity contribution is 7.99. The molecule has 0 aromatic carbocycles. The lowest BCUT2D eigenvalue weighted by atomic mass is 10.5. The van der Waals surface area contributed by atoms with Crippen LogP contribution in [0.4, 0.5) is 0 Å². The molecule has 2 fully saturated rings. The van der Waals surface area contributed by atoms with E-state index in [9.17, 15) is 0 Å². The number of hydrogen-bond donors (Lipinski definition) is 1. The van der Waals surface area contributed by atoms with Crippen molar-refractivity contribution in [1.29, 1.82) is 0 Å². The van der Waals surface area contributed by atoms with Crippen molar-refractivity contribution < 1.29 is 0 Å². The lowest BCUT2D eigenvalue weighted by molar-refractivity contribution is 0.455. The molecule has 0 spiro atoms. The van der Waals surface area contributed by atoms with Gasteiger partial charge in [0.25, 0.3) is 0 Å². The molecule has 3 nitrogen and oxygen atoms in total. The zero-order valence-corrected chi connectivity index (χ0v) is 8.02. The van der Waals surface area contributed by atoms with Crippen molar-refractivity contribution in [2.45, 2.75) is 18.9 Å². The molecule has 1 saturated heterocycles. The number of guanidine groups is 1. The van der Waals surface area contributed by atoms with E-state index in [-0.39, 0.29) is 0 Å². The molecule has 0 radical (unpaired) electrons. The Hall–Kier alpha value is -0.380. The molecule has 68 valence electrons. The highest BCUT2D eigenvalue weighted by Crippen LogP contribution is 2.23. The van der Waals surface area contributed by atoms with E-state index >= 15 is 0 Å². The summed E-state index contributed by atoms with van der Waals surface area (Å²) in [4.78, 5) is 6.63. The molecule has 1 aliphatic heterocycles. The molecular weight excluding hydrogens is 170 g/mol. The number of nitrogens with two attached hydrogens (primary N) is 1. The molecule has 0 atom stereocenters. The van der Waals surface area contributed by atoms with E-state index in [1.807, 2.05) is 11.8 Å². The first kappa shape index (κ1) is 8.23. The van der Waals surface area contributed by atoms with Crippen LogP contribution in [0.25, 0.3) is 0 Å². The molecule has 0 amide bonds. The summed E-state index contributed by atoms with van der Waals surface area (Å²) in [6.07, 6.45) is 2.48. The van der Waals surface area contributed by atoms with Gasteiger partial charge in [-0.15, -0.1) is 0 Å². The van der Waals surface area contributed by atoms with Crippen LogP contribution in [0.3, 0.4) is 0 Å². The summed E-state index contributed by atoms with van der Waals surface area (Å²) in [5.41, 5.74) is 5.86. The smallest absolute Gasteiger partial charge is 0.191 e. The van der Waals surface area contributed by atoms with E-state index in [2.05, 4.69) is 9.89 Å². The van der Waals surface area contributed by atoms with Gasteiger partial charge < -0.3 is 10.6 Å². The Labute approximate surface area is 77.4 Å². The SMILES string of the molecule is NC(=NC1CC1)N1CCSCC1. The fourth-order valence-electron chi connectivity index (χ4n) is 1.26. The van der Waals surface area contributed by atoms with Gasteiger partial charge in [0.1, 0.15) is 0 Å². The maximum absolute atomic E-state index is 5.86. The summed E-state index contributed by atoms with van der Waals surface area (Å²) in [6.45, 7) is 2.15. The summed E-state index contributed by atoms with van der Waals surface area (Å²) in [6, 6.07) is 0.555. The molecular formula is C8H15N3S. The van der Waals surface area contributed by atoms with Gasteiger partial charge in [0.05, 0.1) is 6.04 Å². The monoisotopic (exact) mass is 185 g/mol. The Balaban J connectivity index is 1.87. The number of aliphatic imine (C=N–C) groups is 1. The van der Waals surface area contributed by atoms with Crippen molar-refractivity contribution in [2.24, 2.45) is 10.7 Å². The van der Waals surface area contributed by atoms with Gasteiger partial charge >= 0.3 is 0 Å². The third kappa shape index (κ3) is 2.06. The average molecular weight is 185 g/mol. The van der Waals surface area contributed by atoms with Crippen molar-refractivity contribution in [1.82, 2.24) is 4.90 Å². The summed E-state index contributed by atoms with van der Waals surface area (Å²) < 4.78 is 0. The highest BCUT2D eigenvalue weighted by atomic mass is 32.2. The van der Waals surface area contributed by atoms with Crippen molar-refractivity contribution in [3.8, 4) is 0 Å². The lowest BCUT2D eigenvalue weighted by Crippen LogP contribution is -2.42. The number of rotatable bonds is 1. The van der Waals surface area contributed by atoms with Crippen LogP contribution in [0, 0.1) is 0 Å². The molecule has 1 saturated carbocycles. The predicted octanol–water partition coefficient (Wildman–Crippen LogP) is 0.512. The standard InChI is InChI=1S/C8H15N3S/c9-8(10-7-1-2-7)11-3-5-12-6-4-11/h7H,1-6H2,(H2,9,10). The van der Waals surface area contributed by atoms with E-state index in [4.69, 9.17) is 5.73 Å². The Kier molecular flexibility index (Phi) is 2.44. The fraction of sp³-hybridized carbons (Fsp3) is 0.875. The van der Waals surface area contributed by atoms with Gasteiger partial charge in [0, 0.05) is 24.6 Å². The van der Waals surface area contributed by atoms with Gasteiger partial charge in [0.15, 0.2) is 5.96 Å². The average Bonchev–Trinajstić information content (AvgIpc) is 2.90. The molecule has 0 aromatic heterocycles. The Morgan fingerprint density at radius 3 is 2.58 bits per heavy atom. The van der Waals surface area contributed by atoms with E-state index in [0.29, 0.717) is 6.04 Å². The van der Waals surface area contributed by atoms with Crippen LogP contribution in [-0.2, 0) is 0 Å². The van der Waals surface area contributed by atoms with Crippen molar-refractivity contribution >= 4 is 17.7 Å². The molecule has 0 aromatic rings. The van der Waals surface area contributed by atoms with Crippen LogP contribution in [0.2, 0.25) is 0 Å². The molecule has 4 heteroatoms. The predicted molar refractivity (Wildman–Crippen MR) is 53.5 cm³/mol. The third-order valence-electron chi connectivity index (χ3n) is 2.20. The maximum Gasteiger partial charge on any atom is 0.191 e. The van der Waals surface area contributed by atoms with E-state index in [1.165, 1.54) is 24.3 Å². The highest BCUT2D eigenvalue weighted by Gasteiger charge is 2.22. The van der Waals surface area contributed by atoms with E-state index in [1.54, 1.807) is 0 Å². The first-order valence-corrected chi connectivity index (χ1v) is 5.68. The third-order valence-corrected chi connectivity index (χ3v) is 3.14. The van der Waals surface area contributed by atoms with E-state index < -0.39 is 0 Å². The minimum atomic E-state index is 0.555. The lowest BCUT2D eigenvalue weighted by Gasteiger charge is -2.27. The number of hydrogen-bond acceptors (Lipinski definition) is 2. The van der Waals surface area contributed by atoms with Crippen molar-refractivity contribution in [2.75, 3.05) is 24.6 Å². The molecule has 2 N–H and O–H groups in total. The zero-order valence-electron chi connectivity index (χ0n) is 7.20. The maximum atomic E-state index is 5.86. The zero-order chi connectivity index (χ0) is 8.39. The van der Waals surface area contributed by atoms with Gasteiger partial charge in [0.2, 0.25) is 0 Å². The van der Waals surface area contributed by atoms with Crippen LogP contribution < -0.4 is 5.73 Å². The quantitative estimate of drug-likeness (QED) is 0.478. The van der Waals surface area contributed by atoms with Gasteiger partial charge in [-0.1, -0.05) is 0 Å². The minimum Gasteiger partial charge on any atom is -0.370 e. The summed E-state index contributed by atoms with van der Waals surface area (Å²) >= 11 is 2.00. The van der Waals surface area contributed by atoms with Gasteiger partial charge in [-0.25, -0.2) is 4.99 Å². The van der Waals surface area contributed by atoms with Crippen LogP contribution in [0.1, 0.15) is 12.8 Å². The molecule has 0 bridgehead atoms. The van der Waals surface area contributed by atoms with Crippen molar-refractivity contribution in [3.05, 3.63) is 0 Å². The largest absolute Gasteiger partial charge is 0.370 e. The number of nitrogens with zero attached hydrogens (tertiary/aromatic N) is 2. The second-order valence-corrected chi connectivity index (χ2v) is 4.54. The molecule has 2 rings (SSSR count). The van der Waals surface area contributed by atoms with Crippen LogP contribution in [-0.4, -0.2) is 41.5 Å². The summed E-state index contributed by atoms with van der Waals surface area (Å²) in [5.74, 6) is 3.17. The topological polar surface area (TPSA) is 41.6 Å². The summed E-state index contributed by atoms with van der Waals surface area (Å²) in [7, 11) is 0. The second kappa shape index (κ2) is 3.56. The second-order valence-electron chi connectivity index (χ2n) is 3.32. The van der Waals surface area contributed by atoms with Crippen molar-refractivity contribution in [3.63, 3.8) is 0 Å². The molecule has 1 aliphatic carbocycles. The first-order valence-electron chi connectivity index (χ1n) is 4.52. The Morgan fingerprint density at radius 1 is 1.33 bits per heavy atom. The summed E-state index contributed by atoms with van der Waals surface area (Å²) in [5, 5.41) is 0. The van der Waals surface area contributed by atoms with Gasteiger partial charge in [-0.3, -0.25) is 0 Å². The van der Waals surface area contributed by atoms with Crippen LogP contribution in [0.5, 0.6) is 0 Å². The fourth-order valence-corrected chi connectivity index (χ4v) is 2.17. The van der Waals surface area contributed by atoms with E-state index in [0.717, 1.165) is 19.0 Å². The Bertz CT molecular complexity index is 183.